The summed E-state index contributed by atoms with van der Waals surface area (Å²) < 4.78 is 13.4. The van der Waals surface area contributed by atoms with Crippen LogP contribution in [0.5, 0.6) is 0 Å². The number of aromatic nitrogens is 3. The number of ketones is 1. The number of fused-ring (bicyclic) bond motifs is 1. The van der Waals surface area contributed by atoms with E-state index in [9.17, 15) is 9.18 Å². The summed E-state index contributed by atoms with van der Waals surface area (Å²) in [7, 11) is 0. The third-order valence-corrected chi connectivity index (χ3v) is 5.29. The second-order valence-corrected chi connectivity index (χ2v) is 8.31. The number of pyridine rings is 1. The van der Waals surface area contributed by atoms with E-state index in [1.807, 2.05) is 12.1 Å². The summed E-state index contributed by atoms with van der Waals surface area (Å²) in [4.78, 5) is 26.4. The summed E-state index contributed by atoms with van der Waals surface area (Å²) in [5.41, 5.74) is 3.38. The number of hydrogen-bond donors (Lipinski definition) is 0. The number of benzene rings is 1. The van der Waals surface area contributed by atoms with Crippen LogP contribution >= 0.6 is 11.6 Å². The maximum absolute atomic E-state index is 13.4. The van der Waals surface area contributed by atoms with E-state index in [-0.39, 0.29) is 11.2 Å². The van der Waals surface area contributed by atoms with Crippen molar-refractivity contribution < 1.29 is 9.18 Å². The molecule has 1 aliphatic carbocycles. The first-order valence-corrected chi connectivity index (χ1v) is 9.47. The molecular weight excluding hydrogens is 377 g/mol. The first-order chi connectivity index (χ1) is 13.3. The second-order valence-electron chi connectivity index (χ2n) is 7.90. The first kappa shape index (κ1) is 18.7. The molecule has 0 aliphatic heterocycles. The number of carbonyl (C=O) groups excluding carboxylic acids is 1. The number of nitrogens with zero attached hydrogens (tertiary/aromatic N) is 3. The molecule has 0 bridgehead atoms. The summed E-state index contributed by atoms with van der Waals surface area (Å²) in [6, 6.07) is 7.96. The molecule has 3 aromatic rings. The molecule has 0 fully saturated rings. The highest BCUT2D eigenvalue weighted by Gasteiger charge is 2.34. The van der Waals surface area contributed by atoms with Gasteiger partial charge in [0.25, 0.3) is 0 Å². The molecule has 6 heteroatoms. The van der Waals surface area contributed by atoms with Gasteiger partial charge in [-0.05, 0) is 41.7 Å². The third kappa shape index (κ3) is 3.67. The molecule has 2 heterocycles. The van der Waals surface area contributed by atoms with Crippen molar-refractivity contribution in [3.8, 4) is 11.4 Å². The molecule has 0 saturated heterocycles. The lowest BCUT2D eigenvalue weighted by Crippen LogP contribution is -2.30. The van der Waals surface area contributed by atoms with Crippen LogP contribution in [0.25, 0.3) is 11.4 Å². The zero-order valence-corrected chi connectivity index (χ0v) is 16.4. The first-order valence-electron chi connectivity index (χ1n) is 9.10. The van der Waals surface area contributed by atoms with Crippen molar-refractivity contribution in [1.29, 1.82) is 0 Å². The molecule has 1 aliphatic rings. The number of carbonyl (C=O) groups is 1. The smallest absolute Gasteiger partial charge is 0.167 e. The number of halogens is 2. The van der Waals surface area contributed by atoms with Crippen molar-refractivity contribution in [3.63, 3.8) is 0 Å². The summed E-state index contributed by atoms with van der Waals surface area (Å²) >= 11 is 6.22. The van der Waals surface area contributed by atoms with Crippen LogP contribution in [0.1, 0.15) is 47.6 Å². The van der Waals surface area contributed by atoms with Gasteiger partial charge in [-0.2, -0.15) is 0 Å². The van der Waals surface area contributed by atoms with Crippen molar-refractivity contribution in [2.24, 2.45) is 5.41 Å². The Kier molecular flexibility index (Phi) is 4.71. The van der Waals surface area contributed by atoms with E-state index in [1.54, 1.807) is 18.5 Å². The molecule has 0 N–H and O–H groups in total. The van der Waals surface area contributed by atoms with E-state index < -0.39 is 5.82 Å². The lowest BCUT2D eigenvalue weighted by Gasteiger charge is -2.30. The van der Waals surface area contributed by atoms with Crippen LogP contribution in [-0.4, -0.2) is 20.7 Å². The lowest BCUT2D eigenvalue weighted by molar-refractivity contribution is 0.0908. The van der Waals surface area contributed by atoms with E-state index in [1.165, 1.54) is 12.1 Å². The molecule has 0 amide bonds. The van der Waals surface area contributed by atoms with Crippen LogP contribution in [-0.2, 0) is 12.8 Å². The second kappa shape index (κ2) is 7.06. The Morgan fingerprint density at radius 3 is 2.57 bits per heavy atom. The van der Waals surface area contributed by atoms with Gasteiger partial charge in [0.2, 0.25) is 0 Å². The van der Waals surface area contributed by atoms with Crippen LogP contribution in [0, 0.1) is 11.2 Å². The van der Waals surface area contributed by atoms with Crippen molar-refractivity contribution in [3.05, 3.63) is 76.1 Å². The van der Waals surface area contributed by atoms with Crippen molar-refractivity contribution >= 4 is 17.4 Å². The maximum atomic E-state index is 13.4. The van der Waals surface area contributed by atoms with E-state index in [2.05, 4.69) is 18.8 Å². The highest BCUT2D eigenvalue weighted by atomic mass is 35.5. The van der Waals surface area contributed by atoms with E-state index in [4.69, 9.17) is 21.6 Å². The summed E-state index contributed by atoms with van der Waals surface area (Å²) in [5, 5.41) is 0.321. The largest absolute Gasteiger partial charge is 0.294 e. The fourth-order valence-corrected chi connectivity index (χ4v) is 3.89. The molecule has 4 rings (SSSR count). The Morgan fingerprint density at radius 1 is 1.11 bits per heavy atom. The number of hydrogen-bond acceptors (Lipinski definition) is 4. The number of Topliss-reactive ketones (excluding diaryl/α,β-unsaturated/α-hetero) is 1. The Morgan fingerprint density at radius 2 is 1.86 bits per heavy atom. The van der Waals surface area contributed by atoms with Gasteiger partial charge in [-0.3, -0.25) is 9.78 Å². The summed E-state index contributed by atoms with van der Waals surface area (Å²) in [6.45, 7) is 4.14. The molecule has 4 nitrogen and oxygen atoms in total. The van der Waals surface area contributed by atoms with E-state index in [0.29, 0.717) is 41.4 Å². The molecule has 142 valence electrons. The predicted molar refractivity (Wildman–Crippen MR) is 106 cm³/mol. The quantitative estimate of drug-likeness (QED) is 0.620. The van der Waals surface area contributed by atoms with Crippen molar-refractivity contribution in [2.75, 3.05) is 0 Å². The Bertz CT molecular complexity index is 1070. The van der Waals surface area contributed by atoms with Gasteiger partial charge in [-0.1, -0.05) is 31.5 Å². The minimum atomic E-state index is -0.395. The topological polar surface area (TPSA) is 55.7 Å². The summed E-state index contributed by atoms with van der Waals surface area (Å²) in [6.07, 6.45) is 4.85. The molecule has 0 spiro atoms. The van der Waals surface area contributed by atoms with Crippen LogP contribution in [0.2, 0.25) is 5.02 Å². The maximum Gasteiger partial charge on any atom is 0.167 e. The normalized spacial score (nSPS) is 15.4. The molecule has 0 saturated carbocycles. The molecular formula is C22H19ClFN3O. The van der Waals surface area contributed by atoms with E-state index in [0.717, 1.165) is 16.8 Å². The van der Waals surface area contributed by atoms with Gasteiger partial charge in [0, 0.05) is 35.8 Å². The van der Waals surface area contributed by atoms with Crippen LogP contribution in [0.15, 0.2) is 42.7 Å². The van der Waals surface area contributed by atoms with Gasteiger partial charge < -0.3 is 0 Å². The highest BCUT2D eigenvalue weighted by Crippen LogP contribution is 2.36. The zero-order chi connectivity index (χ0) is 19.9. The molecule has 0 unspecified atom stereocenters. The van der Waals surface area contributed by atoms with Crippen molar-refractivity contribution in [2.45, 2.75) is 33.1 Å². The Balaban J connectivity index is 1.87. The van der Waals surface area contributed by atoms with Crippen LogP contribution < -0.4 is 0 Å². The zero-order valence-electron chi connectivity index (χ0n) is 15.7. The standard InChI is InChI=1S/C22H19ClFN3O/c1-22(2)11-18-20(19(28)12-22)17(9-14-3-4-15(24)10-16(14)23)26-21(27-18)13-5-7-25-8-6-13/h3-8,10H,9,11-12H2,1-2H3. The average molecular weight is 396 g/mol. The fraction of sp³-hybridized carbons (Fsp3) is 0.273. The molecule has 28 heavy (non-hydrogen) atoms. The van der Waals surface area contributed by atoms with Crippen LogP contribution in [0.3, 0.4) is 0 Å². The highest BCUT2D eigenvalue weighted by molar-refractivity contribution is 6.31. The Labute approximate surface area is 167 Å². The third-order valence-electron chi connectivity index (χ3n) is 4.93. The number of rotatable bonds is 3. The van der Waals surface area contributed by atoms with Gasteiger partial charge in [-0.15, -0.1) is 0 Å². The van der Waals surface area contributed by atoms with Gasteiger partial charge in [0.15, 0.2) is 11.6 Å². The molecule has 0 radical (unpaired) electrons. The van der Waals surface area contributed by atoms with Crippen molar-refractivity contribution in [1.82, 2.24) is 15.0 Å². The SMILES string of the molecule is CC1(C)CC(=O)c2c(Cc3ccc(F)cc3Cl)nc(-c3ccncc3)nc2C1. The summed E-state index contributed by atoms with van der Waals surface area (Å²) in [5.74, 6) is 0.203. The predicted octanol–water partition coefficient (Wildman–Crippen LogP) is 5.08. The molecule has 2 aromatic heterocycles. The molecule has 1 aromatic carbocycles. The average Bonchev–Trinajstić information content (AvgIpc) is 2.63. The monoisotopic (exact) mass is 395 g/mol. The Hall–Kier alpha value is -2.66. The van der Waals surface area contributed by atoms with Gasteiger partial charge in [-0.25, -0.2) is 14.4 Å². The lowest BCUT2D eigenvalue weighted by atomic mass is 9.75. The molecule has 0 atom stereocenters. The van der Waals surface area contributed by atoms with Gasteiger partial charge >= 0.3 is 0 Å². The minimum absolute atomic E-state index is 0.0424. The van der Waals surface area contributed by atoms with Crippen LogP contribution in [0.4, 0.5) is 4.39 Å². The van der Waals surface area contributed by atoms with Gasteiger partial charge in [0.1, 0.15) is 5.82 Å². The fourth-order valence-electron chi connectivity index (χ4n) is 3.65. The van der Waals surface area contributed by atoms with Gasteiger partial charge in [0.05, 0.1) is 17.0 Å². The minimum Gasteiger partial charge on any atom is -0.294 e. The van der Waals surface area contributed by atoms with E-state index >= 15 is 0 Å².